The second-order valence-corrected chi connectivity index (χ2v) is 4.92. The van der Waals surface area contributed by atoms with E-state index in [0.29, 0.717) is 10.8 Å². The summed E-state index contributed by atoms with van der Waals surface area (Å²) in [5.41, 5.74) is 1.87. The minimum absolute atomic E-state index is 0.460. The van der Waals surface area contributed by atoms with Crippen LogP contribution in [0.4, 0.5) is 0 Å². The van der Waals surface area contributed by atoms with E-state index in [1.165, 1.54) is 0 Å². The van der Waals surface area contributed by atoms with Crippen LogP contribution in [-0.4, -0.2) is 22.3 Å². The molecule has 0 aliphatic carbocycles. The number of hydrogen-bond acceptors (Lipinski definition) is 2. The predicted molar refractivity (Wildman–Crippen MR) is 88.4 cm³/mol. The van der Waals surface area contributed by atoms with Gasteiger partial charge in [-0.05, 0) is 6.42 Å². The van der Waals surface area contributed by atoms with E-state index >= 15 is 0 Å². The van der Waals surface area contributed by atoms with Gasteiger partial charge in [0.1, 0.15) is 10.8 Å². The predicted octanol–water partition coefficient (Wildman–Crippen LogP) is 4.10. The Labute approximate surface area is 125 Å². The maximum absolute atomic E-state index is 8.41. The van der Waals surface area contributed by atoms with Gasteiger partial charge in [-0.2, -0.15) is 0 Å². The Morgan fingerprint density at radius 2 is 1.45 bits per heavy atom. The van der Waals surface area contributed by atoms with Crippen LogP contribution in [0.15, 0.2) is 60.7 Å². The zero-order valence-electron chi connectivity index (χ0n) is 11.5. The first-order valence-corrected chi connectivity index (χ1v) is 7.15. The molecule has 0 fully saturated rings. The number of benzene rings is 2. The molecule has 2 aromatic carbocycles. The molecule has 0 bridgehead atoms. The molecule has 0 unspecified atom stereocenters. The summed E-state index contributed by atoms with van der Waals surface area (Å²) < 4.78 is 0. The number of thiocarbonyl (C=S) groups is 1. The highest BCUT2D eigenvalue weighted by molar-refractivity contribution is 7.80. The van der Waals surface area contributed by atoms with Crippen molar-refractivity contribution in [1.29, 1.82) is 5.41 Å². The third kappa shape index (κ3) is 3.31. The summed E-state index contributed by atoms with van der Waals surface area (Å²) in [7, 11) is 0. The van der Waals surface area contributed by atoms with Crippen molar-refractivity contribution in [2.75, 3.05) is 6.54 Å². The molecular formula is C17H18N2S. The van der Waals surface area contributed by atoms with Gasteiger partial charge in [-0.1, -0.05) is 79.8 Å². The van der Waals surface area contributed by atoms with Crippen LogP contribution in [0.3, 0.4) is 0 Å². The SMILES string of the molecule is CCCN(C(=N)c1ccccc1)C(=S)c1ccccc1. The highest BCUT2D eigenvalue weighted by Crippen LogP contribution is 2.12. The number of nitrogens with zero attached hydrogens (tertiary/aromatic N) is 1. The molecule has 0 amide bonds. The standard InChI is InChI=1S/C17H18N2S/c1-2-13-19(16(18)14-9-5-3-6-10-14)17(20)15-11-7-4-8-12-15/h3-12,18H,2,13H2,1H3. The summed E-state index contributed by atoms with van der Waals surface area (Å²) in [5.74, 6) is 0.460. The van der Waals surface area contributed by atoms with Crippen molar-refractivity contribution in [2.45, 2.75) is 13.3 Å². The largest absolute Gasteiger partial charge is 0.317 e. The van der Waals surface area contributed by atoms with Crippen LogP contribution >= 0.6 is 12.2 Å². The average Bonchev–Trinajstić information content (AvgIpc) is 2.53. The van der Waals surface area contributed by atoms with Crippen LogP contribution in [0.25, 0.3) is 0 Å². The molecule has 20 heavy (non-hydrogen) atoms. The van der Waals surface area contributed by atoms with Crippen molar-refractivity contribution in [3.8, 4) is 0 Å². The number of hydrogen-bond donors (Lipinski definition) is 1. The molecular weight excluding hydrogens is 264 g/mol. The zero-order chi connectivity index (χ0) is 14.4. The van der Waals surface area contributed by atoms with Crippen LogP contribution < -0.4 is 0 Å². The summed E-state index contributed by atoms with van der Waals surface area (Å²) in [6.07, 6.45) is 0.947. The molecule has 2 rings (SSSR count). The van der Waals surface area contributed by atoms with E-state index in [1.807, 2.05) is 65.6 Å². The Hall–Kier alpha value is -2.00. The zero-order valence-corrected chi connectivity index (χ0v) is 12.4. The Bertz CT molecular complexity index is 527. The molecule has 0 saturated heterocycles. The van der Waals surface area contributed by atoms with Gasteiger partial charge in [-0.15, -0.1) is 0 Å². The van der Waals surface area contributed by atoms with Gasteiger partial charge in [0.15, 0.2) is 0 Å². The van der Waals surface area contributed by atoms with Crippen molar-refractivity contribution in [2.24, 2.45) is 0 Å². The van der Waals surface area contributed by atoms with Crippen LogP contribution in [-0.2, 0) is 0 Å². The molecule has 1 N–H and O–H groups in total. The third-order valence-electron chi connectivity index (χ3n) is 3.03. The van der Waals surface area contributed by atoms with E-state index in [4.69, 9.17) is 17.6 Å². The summed E-state index contributed by atoms with van der Waals surface area (Å²) in [6, 6.07) is 19.6. The van der Waals surface area contributed by atoms with Crippen molar-refractivity contribution in [3.63, 3.8) is 0 Å². The van der Waals surface area contributed by atoms with Gasteiger partial charge in [0, 0.05) is 17.7 Å². The highest BCUT2D eigenvalue weighted by Gasteiger charge is 2.16. The molecule has 2 aromatic rings. The Morgan fingerprint density at radius 3 is 1.95 bits per heavy atom. The third-order valence-corrected chi connectivity index (χ3v) is 3.49. The summed E-state index contributed by atoms with van der Waals surface area (Å²) >= 11 is 5.57. The van der Waals surface area contributed by atoms with Crippen LogP contribution in [0.1, 0.15) is 24.5 Å². The molecule has 0 atom stereocenters. The van der Waals surface area contributed by atoms with E-state index < -0.39 is 0 Å². The van der Waals surface area contributed by atoms with Gasteiger partial charge in [-0.3, -0.25) is 5.41 Å². The minimum atomic E-state index is 0.460. The smallest absolute Gasteiger partial charge is 0.133 e. The molecule has 0 aliphatic rings. The van der Waals surface area contributed by atoms with Gasteiger partial charge < -0.3 is 4.90 Å². The quantitative estimate of drug-likeness (QED) is 0.519. The molecule has 2 nitrogen and oxygen atoms in total. The van der Waals surface area contributed by atoms with E-state index in [2.05, 4.69) is 6.92 Å². The topological polar surface area (TPSA) is 27.1 Å². The fraction of sp³-hybridized carbons (Fsp3) is 0.176. The van der Waals surface area contributed by atoms with Crippen molar-refractivity contribution >= 4 is 23.0 Å². The van der Waals surface area contributed by atoms with E-state index in [0.717, 1.165) is 24.1 Å². The Kier molecular flexibility index (Phi) is 5.02. The van der Waals surface area contributed by atoms with Crippen LogP contribution in [0, 0.1) is 5.41 Å². The first kappa shape index (κ1) is 14.4. The molecule has 0 saturated carbocycles. The molecule has 0 radical (unpaired) electrons. The minimum Gasteiger partial charge on any atom is -0.317 e. The lowest BCUT2D eigenvalue weighted by molar-refractivity contribution is 0.601. The van der Waals surface area contributed by atoms with E-state index in [-0.39, 0.29) is 0 Å². The van der Waals surface area contributed by atoms with Gasteiger partial charge in [0.05, 0.1) is 0 Å². The van der Waals surface area contributed by atoms with Gasteiger partial charge in [-0.25, -0.2) is 0 Å². The Balaban J connectivity index is 2.27. The molecule has 0 spiro atoms. The maximum Gasteiger partial charge on any atom is 0.133 e. The average molecular weight is 282 g/mol. The lowest BCUT2D eigenvalue weighted by atomic mass is 10.1. The fourth-order valence-electron chi connectivity index (χ4n) is 2.03. The number of amidine groups is 1. The monoisotopic (exact) mass is 282 g/mol. The maximum atomic E-state index is 8.41. The number of nitrogens with one attached hydrogen (secondary N) is 1. The molecule has 102 valence electrons. The summed E-state index contributed by atoms with van der Waals surface area (Å²) in [4.78, 5) is 2.61. The first-order valence-electron chi connectivity index (χ1n) is 6.75. The molecule has 0 aromatic heterocycles. The van der Waals surface area contributed by atoms with E-state index in [9.17, 15) is 0 Å². The van der Waals surface area contributed by atoms with Gasteiger partial charge >= 0.3 is 0 Å². The normalized spacial score (nSPS) is 10.1. The summed E-state index contributed by atoms with van der Waals surface area (Å²) in [6.45, 7) is 2.85. The second kappa shape index (κ2) is 6.96. The molecule has 0 aliphatic heterocycles. The van der Waals surface area contributed by atoms with E-state index in [1.54, 1.807) is 0 Å². The van der Waals surface area contributed by atoms with Crippen molar-refractivity contribution in [1.82, 2.24) is 4.90 Å². The lowest BCUT2D eigenvalue weighted by Crippen LogP contribution is -2.36. The highest BCUT2D eigenvalue weighted by atomic mass is 32.1. The summed E-state index contributed by atoms with van der Waals surface area (Å²) in [5, 5.41) is 8.41. The lowest BCUT2D eigenvalue weighted by Gasteiger charge is -2.25. The van der Waals surface area contributed by atoms with Gasteiger partial charge in [0.25, 0.3) is 0 Å². The van der Waals surface area contributed by atoms with Crippen molar-refractivity contribution in [3.05, 3.63) is 71.8 Å². The Morgan fingerprint density at radius 1 is 0.950 bits per heavy atom. The first-order chi connectivity index (χ1) is 9.74. The fourth-order valence-corrected chi connectivity index (χ4v) is 2.35. The van der Waals surface area contributed by atoms with Crippen LogP contribution in [0.5, 0.6) is 0 Å². The molecule has 3 heteroatoms. The van der Waals surface area contributed by atoms with Crippen LogP contribution in [0.2, 0.25) is 0 Å². The molecule has 0 heterocycles. The second-order valence-electron chi connectivity index (χ2n) is 4.54. The van der Waals surface area contributed by atoms with Gasteiger partial charge in [0.2, 0.25) is 0 Å². The number of rotatable bonds is 4. The van der Waals surface area contributed by atoms with Crippen molar-refractivity contribution < 1.29 is 0 Å².